The summed E-state index contributed by atoms with van der Waals surface area (Å²) in [6.45, 7) is 10.1. The zero-order valence-corrected chi connectivity index (χ0v) is 8.92. The third-order valence-corrected chi connectivity index (χ3v) is 2.72. The molecule has 78 valence electrons. The van der Waals surface area contributed by atoms with Crippen LogP contribution < -0.4 is 11.1 Å². The van der Waals surface area contributed by atoms with Gasteiger partial charge in [-0.25, -0.2) is 0 Å². The van der Waals surface area contributed by atoms with E-state index < -0.39 is 0 Å². The van der Waals surface area contributed by atoms with Crippen LogP contribution in [-0.2, 0) is 0 Å². The Balaban J connectivity index is 2.03. The van der Waals surface area contributed by atoms with E-state index in [1.807, 2.05) is 6.92 Å². The SMILES string of the molecule is CCN1CCC(CNCC(C)N)C1. The smallest absolute Gasteiger partial charge is 0.0136 e. The number of likely N-dealkylation sites (tertiary alicyclic amines) is 1. The fourth-order valence-corrected chi connectivity index (χ4v) is 1.88. The first-order valence-corrected chi connectivity index (χ1v) is 5.41. The van der Waals surface area contributed by atoms with Gasteiger partial charge in [0.25, 0.3) is 0 Å². The summed E-state index contributed by atoms with van der Waals surface area (Å²) in [5.74, 6) is 0.846. The summed E-state index contributed by atoms with van der Waals surface area (Å²) in [6, 6.07) is 0.281. The van der Waals surface area contributed by atoms with Crippen molar-refractivity contribution < 1.29 is 0 Å². The molecule has 0 aromatic carbocycles. The second-order valence-electron chi connectivity index (χ2n) is 4.18. The minimum Gasteiger partial charge on any atom is -0.327 e. The highest BCUT2D eigenvalue weighted by Gasteiger charge is 2.20. The third-order valence-electron chi connectivity index (χ3n) is 2.72. The summed E-state index contributed by atoms with van der Waals surface area (Å²) in [6.07, 6.45) is 1.35. The summed E-state index contributed by atoms with van der Waals surface area (Å²) in [7, 11) is 0. The Kier molecular flexibility index (Phi) is 4.70. The van der Waals surface area contributed by atoms with Gasteiger partial charge in [0, 0.05) is 19.1 Å². The van der Waals surface area contributed by atoms with Crippen molar-refractivity contribution in [1.82, 2.24) is 10.2 Å². The van der Waals surface area contributed by atoms with Crippen molar-refractivity contribution in [3.8, 4) is 0 Å². The van der Waals surface area contributed by atoms with Crippen LogP contribution >= 0.6 is 0 Å². The Bertz CT molecular complexity index is 136. The molecule has 1 aliphatic rings. The molecule has 3 heteroatoms. The largest absolute Gasteiger partial charge is 0.327 e. The van der Waals surface area contributed by atoms with Crippen LogP contribution in [0.25, 0.3) is 0 Å². The molecule has 0 saturated carbocycles. The van der Waals surface area contributed by atoms with Crippen LogP contribution in [0.3, 0.4) is 0 Å². The molecule has 0 amide bonds. The first-order chi connectivity index (χ1) is 6.22. The Labute approximate surface area is 81.7 Å². The summed E-state index contributed by atoms with van der Waals surface area (Å²) < 4.78 is 0. The molecular weight excluding hydrogens is 162 g/mol. The van der Waals surface area contributed by atoms with Crippen molar-refractivity contribution in [2.45, 2.75) is 26.3 Å². The predicted molar refractivity (Wildman–Crippen MR) is 56.7 cm³/mol. The Morgan fingerprint density at radius 3 is 2.92 bits per heavy atom. The van der Waals surface area contributed by atoms with Crippen molar-refractivity contribution in [3.63, 3.8) is 0 Å². The molecular formula is C10H23N3. The molecule has 2 unspecified atom stereocenters. The van der Waals surface area contributed by atoms with Gasteiger partial charge in [-0.3, -0.25) is 0 Å². The second-order valence-corrected chi connectivity index (χ2v) is 4.18. The van der Waals surface area contributed by atoms with E-state index in [1.165, 1.54) is 26.1 Å². The van der Waals surface area contributed by atoms with Gasteiger partial charge in [-0.1, -0.05) is 6.92 Å². The van der Waals surface area contributed by atoms with Gasteiger partial charge in [0.05, 0.1) is 0 Å². The molecule has 0 aliphatic carbocycles. The lowest BCUT2D eigenvalue weighted by Gasteiger charge is -2.14. The normalized spacial score (nSPS) is 26.5. The minimum atomic E-state index is 0.281. The highest BCUT2D eigenvalue weighted by Crippen LogP contribution is 2.14. The highest BCUT2D eigenvalue weighted by atomic mass is 15.1. The van der Waals surface area contributed by atoms with Crippen molar-refractivity contribution in [3.05, 3.63) is 0 Å². The number of rotatable bonds is 5. The first-order valence-electron chi connectivity index (χ1n) is 5.41. The van der Waals surface area contributed by atoms with Crippen LogP contribution in [0.1, 0.15) is 20.3 Å². The molecule has 0 radical (unpaired) electrons. The predicted octanol–water partition coefficient (Wildman–Crippen LogP) is 0.265. The standard InChI is InChI=1S/C10H23N3/c1-3-13-5-4-10(8-13)7-12-6-9(2)11/h9-10,12H,3-8,11H2,1-2H3. The number of hydrogen-bond acceptors (Lipinski definition) is 3. The van der Waals surface area contributed by atoms with E-state index in [0.29, 0.717) is 0 Å². The third kappa shape index (κ3) is 4.07. The monoisotopic (exact) mass is 185 g/mol. The summed E-state index contributed by atoms with van der Waals surface area (Å²) in [5, 5.41) is 3.42. The number of nitrogens with zero attached hydrogens (tertiary/aromatic N) is 1. The summed E-state index contributed by atoms with van der Waals surface area (Å²) in [4.78, 5) is 2.51. The highest BCUT2D eigenvalue weighted by molar-refractivity contribution is 4.76. The molecule has 1 aliphatic heterocycles. The first kappa shape index (κ1) is 11.0. The number of nitrogens with one attached hydrogen (secondary N) is 1. The minimum absolute atomic E-state index is 0.281. The summed E-state index contributed by atoms with van der Waals surface area (Å²) in [5.41, 5.74) is 5.66. The van der Waals surface area contributed by atoms with Gasteiger partial charge in [-0.05, 0) is 38.9 Å². The van der Waals surface area contributed by atoms with Crippen LogP contribution in [-0.4, -0.2) is 43.7 Å². The summed E-state index contributed by atoms with van der Waals surface area (Å²) >= 11 is 0. The molecule has 1 saturated heterocycles. The van der Waals surface area contributed by atoms with Crippen molar-refractivity contribution in [2.75, 3.05) is 32.7 Å². The average Bonchev–Trinajstić information content (AvgIpc) is 2.52. The molecule has 1 heterocycles. The molecule has 0 spiro atoms. The lowest BCUT2D eigenvalue weighted by Crippen LogP contribution is -2.34. The van der Waals surface area contributed by atoms with E-state index in [1.54, 1.807) is 0 Å². The molecule has 13 heavy (non-hydrogen) atoms. The van der Waals surface area contributed by atoms with E-state index in [-0.39, 0.29) is 6.04 Å². The molecule has 1 fully saturated rings. The van der Waals surface area contributed by atoms with Crippen LogP contribution in [0, 0.1) is 5.92 Å². The zero-order valence-electron chi connectivity index (χ0n) is 8.92. The van der Waals surface area contributed by atoms with Gasteiger partial charge in [0.15, 0.2) is 0 Å². The second kappa shape index (κ2) is 5.58. The van der Waals surface area contributed by atoms with Crippen LogP contribution in [0.2, 0.25) is 0 Å². The van der Waals surface area contributed by atoms with Gasteiger partial charge in [0.2, 0.25) is 0 Å². The number of hydrogen-bond donors (Lipinski definition) is 2. The molecule has 2 atom stereocenters. The van der Waals surface area contributed by atoms with E-state index in [0.717, 1.165) is 19.0 Å². The van der Waals surface area contributed by atoms with Crippen molar-refractivity contribution in [2.24, 2.45) is 11.7 Å². The lowest BCUT2D eigenvalue weighted by molar-refractivity contribution is 0.338. The maximum atomic E-state index is 5.66. The molecule has 1 rings (SSSR count). The van der Waals surface area contributed by atoms with E-state index in [4.69, 9.17) is 5.73 Å². The quantitative estimate of drug-likeness (QED) is 0.646. The van der Waals surface area contributed by atoms with Gasteiger partial charge >= 0.3 is 0 Å². The molecule has 3 N–H and O–H groups in total. The lowest BCUT2D eigenvalue weighted by atomic mass is 10.1. The van der Waals surface area contributed by atoms with Gasteiger partial charge < -0.3 is 16.0 Å². The maximum Gasteiger partial charge on any atom is 0.0136 e. The molecule has 0 aromatic rings. The fraction of sp³-hybridized carbons (Fsp3) is 1.00. The van der Waals surface area contributed by atoms with Crippen LogP contribution in [0.4, 0.5) is 0 Å². The van der Waals surface area contributed by atoms with Crippen LogP contribution in [0.5, 0.6) is 0 Å². The average molecular weight is 185 g/mol. The van der Waals surface area contributed by atoms with Crippen molar-refractivity contribution >= 4 is 0 Å². The van der Waals surface area contributed by atoms with Gasteiger partial charge in [-0.2, -0.15) is 0 Å². The van der Waals surface area contributed by atoms with Crippen molar-refractivity contribution in [1.29, 1.82) is 0 Å². The Morgan fingerprint density at radius 1 is 1.62 bits per heavy atom. The van der Waals surface area contributed by atoms with Gasteiger partial charge in [-0.15, -0.1) is 0 Å². The Hall–Kier alpha value is -0.120. The number of nitrogens with two attached hydrogens (primary N) is 1. The van der Waals surface area contributed by atoms with E-state index in [2.05, 4.69) is 17.1 Å². The van der Waals surface area contributed by atoms with Gasteiger partial charge in [0.1, 0.15) is 0 Å². The Morgan fingerprint density at radius 2 is 2.38 bits per heavy atom. The van der Waals surface area contributed by atoms with E-state index >= 15 is 0 Å². The van der Waals surface area contributed by atoms with Crippen LogP contribution in [0.15, 0.2) is 0 Å². The molecule has 0 bridgehead atoms. The molecule has 0 aromatic heterocycles. The molecule has 3 nitrogen and oxygen atoms in total. The zero-order chi connectivity index (χ0) is 9.68. The maximum absolute atomic E-state index is 5.66. The topological polar surface area (TPSA) is 41.3 Å². The van der Waals surface area contributed by atoms with E-state index in [9.17, 15) is 0 Å². The fourth-order valence-electron chi connectivity index (χ4n) is 1.88.